The van der Waals surface area contributed by atoms with E-state index in [1.165, 1.54) is 12.8 Å². The van der Waals surface area contributed by atoms with E-state index < -0.39 is 0 Å². The first-order valence-electron chi connectivity index (χ1n) is 7.17. The fraction of sp³-hybridized carbons (Fsp3) is 0.769. The first-order valence-corrected chi connectivity index (χ1v) is 7.17. The highest BCUT2D eigenvalue weighted by molar-refractivity contribution is 5.76. The third kappa shape index (κ3) is 1.80. The molecule has 20 heavy (non-hydrogen) atoms. The van der Waals surface area contributed by atoms with Crippen LogP contribution < -0.4 is 0 Å². The van der Waals surface area contributed by atoms with Crippen molar-refractivity contribution in [1.29, 1.82) is 0 Å². The van der Waals surface area contributed by atoms with Crippen LogP contribution in [0.2, 0.25) is 0 Å². The molecule has 2 bridgehead atoms. The van der Waals surface area contributed by atoms with Crippen LogP contribution in [0.1, 0.15) is 50.4 Å². The van der Waals surface area contributed by atoms with Gasteiger partial charge in [-0.15, -0.1) is 10.2 Å². The Kier molecular flexibility index (Phi) is 2.39. The Balaban J connectivity index is 1.54. The van der Waals surface area contributed by atoms with Crippen LogP contribution in [0.5, 0.6) is 0 Å². The lowest BCUT2D eigenvalue weighted by atomic mass is 10.0. The van der Waals surface area contributed by atoms with Crippen LogP contribution in [0, 0.1) is 5.41 Å². The van der Waals surface area contributed by atoms with E-state index in [1.807, 2.05) is 0 Å². The summed E-state index contributed by atoms with van der Waals surface area (Å²) in [5.41, 5.74) is 0.326. The Bertz CT molecular complexity index is 554. The van der Waals surface area contributed by atoms with Gasteiger partial charge in [0, 0.05) is 13.0 Å². The lowest BCUT2D eigenvalue weighted by Crippen LogP contribution is -2.34. The maximum Gasteiger partial charge on any atom is 0.344 e. The number of aromatic nitrogens is 2. The fourth-order valence-electron chi connectivity index (χ4n) is 3.14. The molecule has 2 saturated heterocycles. The summed E-state index contributed by atoms with van der Waals surface area (Å²) >= 11 is 0. The van der Waals surface area contributed by atoms with E-state index in [0.29, 0.717) is 23.7 Å². The van der Waals surface area contributed by atoms with Crippen molar-refractivity contribution in [2.75, 3.05) is 6.54 Å². The maximum absolute atomic E-state index is 11.9. The van der Waals surface area contributed by atoms with E-state index in [0.717, 1.165) is 24.3 Å². The molecule has 2 aliphatic heterocycles. The second kappa shape index (κ2) is 3.94. The topological polar surface area (TPSA) is 82.7 Å². The highest BCUT2D eigenvalue weighted by Gasteiger charge is 2.47. The summed E-state index contributed by atoms with van der Waals surface area (Å²) in [7, 11) is 0. The Labute approximate surface area is 116 Å². The molecule has 2 atom stereocenters. The van der Waals surface area contributed by atoms with Crippen molar-refractivity contribution in [3.8, 4) is 0 Å². The molecule has 3 aliphatic rings. The van der Waals surface area contributed by atoms with Gasteiger partial charge in [-0.3, -0.25) is 5.21 Å². The minimum absolute atomic E-state index is 0.0912. The van der Waals surface area contributed by atoms with Gasteiger partial charge in [0.2, 0.25) is 11.8 Å². The maximum atomic E-state index is 11.9. The molecule has 3 heterocycles. The average Bonchev–Trinajstić information content (AvgIpc) is 2.92. The number of hydrogen-bond acceptors (Lipinski definition) is 5. The average molecular weight is 278 g/mol. The van der Waals surface area contributed by atoms with E-state index in [9.17, 15) is 10.0 Å². The number of hydroxylamine groups is 2. The summed E-state index contributed by atoms with van der Waals surface area (Å²) in [5.74, 6) is 1.17. The van der Waals surface area contributed by atoms with Crippen molar-refractivity contribution in [3.05, 3.63) is 11.8 Å². The van der Waals surface area contributed by atoms with Crippen molar-refractivity contribution < 1.29 is 14.4 Å². The number of amides is 2. The lowest BCUT2D eigenvalue weighted by Gasteiger charge is -2.27. The Hall–Kier alpha value is -1.63. The summed E-state index contributed by atoms with van der Waals surface area (Å²) < 4.78 is 5.76. The quantitative estimate of drug-likeness (QED) is 0.851. The predicted molar refractivity (Wildman–Crippen MR) is 66.8 cm³/mol. The summed E-state index contributed by atoms with van der Waals surface area (Å²) in [5, 5.41) is 18.7. The molecular weight excluding hydrogens is 260 g/mol. The molecular formula is C13H18N4O3. The zero-order chi connectivity index (χ0) is 13.9. The molecule has 4 rings (SSSR count). The summed E-state index contributed by atoms with van der Waals surface area (Å²) in [6, 6.07) is -0.637. The number of piperidine rings is 1. The Morgan fingerprint density at radius 1 is 1.40 bits per heavy atom. The van der Waals surface area contributed by atoms with Gasteiger partial charge in [-0.05, 0) is 31.1 Å². The van der Waals surface area contributed by atoms with Gasteiger partial charge in [0.05, 0.1) is 6.04 Å². The number of nitrogens with zero attached hydrogens (tertiary/aromatic N) is 4. The molecule has 2 amide bonds. The molecule has 0 unspecified atom stereocenters. The van der Waals surface area contributed by atoms with Crippen LogP contribution in [0.25, 0.3) is 0 Å². The van der Waals surface area contributed by atoms with Gasteiger partial charge in [-0.25, -0.2) is 9.86 Å². The van der Waals surface area contributed by atoms with Gasteiger partial charge in [0.1, 0.15) is 6.04 Å². The molecule has 0 radical (unpaired) electrons. The van der Waals surface area contributed by atoms with Crippen LogP contribution in [0.3, 0.4) is 0 Å². The first kappa shape index (κ1) is 12.1. The first-order chi connectivity index (χ1) is 9.56. The third-order valence-corrected chi connectivity index (χ3v) is 4.79. The molecule has 1 N–H and O–H groups in total. The number of carbonyl (C=O) groups is 1. The highest BCUT2D eigenvalue weighted by atomic mass is 16.5. The number of urea groups is 1. The number of carbonyl (C=O) groups excluding carboxylic acids is 1. The van der Waals surface area contributed by atoms with Gasteiger partial charge in [0.25, 0.3) is 0 Å². The van der Waals surface area contributed by atoms with E-state index in [1.54, 1.807) is 4.90 Å². The zero-order valence-corrected chi connectivity index (χ0v) is 11.4. The minimum Gasteiger partial charge on any atom is -0.423 e. The molecule has 3 fully saturated rings. The summed E-state index contributed by atoms with van der Waals surface area (Å²) in [6.45, 7) is 2.76. The molecule has 108 valence electrons. The SMILES string of the molecule is CC1(Cc2nnc([C@@H]3CC[C@@H]4CN3C(=O)N4O)o2)CC1. The molecule has 7 heteroatoms. The number of fused-ring (bicyclic) bond motifs is 2. The van der Waals surface area contributed by atoms with E-state index in [2.05, 4.69) is 17.1 Å². The van der Waals surface area contributed by atoms with Gasteiger partial charge in [-0.2, -0.15) is 0 Å². The normalized spacial score (nSPS) is 31.0. The van der Waals surface area contributed by atoms with E-state index in [-0.39, 0.29) is 18.1 Å². The fourth-order valence-corrected chi connectivity index (χ4v) is 3.14. The minimum atomic E-state index is -0.355. The van der Waals surface area contributed by atoms with Crippen LogP contribution in [-0.4, -0.2) is 44.0 Å². The van der Waals surface area contributed by atoms with Gasteiger partial charge >= 0.3 is 6.03 Å². The van der Waals surface area contributed by atoms with Crippen LogP contribution in [0.15, 0.2) is 4.42 Å². The molecule has 0 aromatic carbocycles. The van der Waals surface area contributed by atoms with E-state index >= 15 is 0 Å². The van der Waals surface area contributed by atoms with Crippen LogP contribution in [0.4, 0.5) is 4.79 Å². The van der Waals surface area contributed by atoms with Crippen molar-refractivity contribution in [1.82, 2.24) is 20.2 Å². The van der Waals surface area contributed by atoms with Crippen LogP contribution in [-0.2, 0) is 6.42 Å². The second-order valence-corrected chi connectivity index (χ2v) is 6.55. The number of hydrogen-bond donors (Lipinski definition) is 1. The smallest absolute Gasteiger partial charge is 0.344 e. The highest BCUT2D eigenvalue weighted by Crippen LogP contribution is 2.47. The molecule has 0 spiro atoms. The lowest BCUT2D eigenvalue weighted by molar-refractivity contribution is -0.0584. The monoisotopic (exact) mass is 278 g/mol. The summed E-state index contributed by atoms with van der Waals surface area (Å²) in [4.78, 5) is 13.6. The van der Waals surface area contributed by atoms with Gasteiger partial charge in [0.15, 0.2) is 0 Å². The predicted octanol–water partition coefficient (Wildman–Crippen LogP) is 1.74. The van der Waals surface area contributed by atoms with Crippen molar-refractivity contribution in [3.63, 3.8) is 0 Å². The third-order valence-electron chi connectivity index (χ3n) is 4.79. The summed E-state index contributed by atoms with van der Waals surface area (Å²) in [6.07, 6.45) is 4.75. The van der Waals surface area contributed by atoms with Crippen LogP contribution >= 0.6 is 0 Å². The van der Waals surface area contributed by atoms with Crippen molar-refractivity contribution >= 4 is 6.03 Å². The zero-order valence-electron chi connectivity index (χ0n) is 11.4. The molecule has 7 nitrogen and oxygen atoms in total. The molecule has 1 aliphatic carbocycles. The largest absolute Gasteiger partial charge is 0.423 e. The molecule has 1 aromatic heterocycles. The number of rotatable bonds is 3. The molecule has 1 saturated carbocycles. The van der Waals surface area contributed by atoms with E-state index in [4.69, 9.17) is 4.42 Å². The van der Waals surface area contributed by atoms with Gasteiger partial charge in [-0.1, -0.05) is 6.92 Å². The Morgan fingerprint density at radius 3 is 2.95 bits per heavy atom. The second-order valence-electron chi connectivity index (χ2n) is 6.55. The standard InChI is InChI=1S/C13H18N4O3/c1-13(4-5-13)6-10-14-15-11(20-10)9-3-2-8-7-16(9)12(18)17(8)19/h8-9,19H,2-7H2,1H3/t8-,9+/m1/s1. The Morgan fingerprint density at radius 2 is 2.20 bits per heavy atom. The van der Waals surface area contributed by atoms with Gasteiger partial charge < -0.3 is 9.32 Å². The molecule has 1 aromatic rings. The van der Waals surface area contributed by atoms with Crippen molar-refractivity contribution in [2.24, 2.45) is 5.41 Å². The van der Waals surface area contributed by atoms with Crippen molar-refractivity contribution in [2.45, 2.75) is 51.1 Å².